The van der Waals surface area contributed by atoms with Crippen LogP contribution in [0.1, 0.15) is 12.5 Å². The zero-order valence-corrected chi connectivity index (χ0v) is 10.3. The molecule has 0 aromatic heterocycles. The standard InChI is InChI=1S/C12H12ClNO3/c1-8(12(15)16-2)7-17-11-4-3-9(6-14)5-10(11)13/h3-5,8H,7H2,1-2H3. The van der Waals surface area contributed by atoms with Gasteiger partial charge in [0.05, 0.1) is 29.7 Å². The van der Waals surface area contributed by atoms with Crippen LogP contribution in [0.4, 0.5) is 0 Å². The Hall–Kier alpha value is -1.73. The van der Waals surface area contributed by atoms with Crippen molar-refractivity contribution in [3.8, 4) is 11.8 Å². The highest BCUT2D eigenvalue weighted by Gasteiger charge is 2.14. The van der Waals surface area contributed by atoms with Crippen molar-refractivity contribution in [2.45, 2.75) is 6.92 Å². The lowest BCUT2D eigenvalue weighted by atomic mass is 10.2. The third-order valence-corrected chi connectivity index (χ3v) is 2.45. The van der Waals surface area contributed by atoms with Crippen LogP contribution in [0.5, 0.6) is 5.75 Å². The molecule has 1 atom stereocenters. The average molecular weight is 254 g/mol. The van der Waals surface area contributed by atoms with Gasteiger partial charge >= 0.3 is 5.97 Å². The Balaban J connectivity index is 2.64. The number of rotatable bonds is 4. The minimum Gasteiger partial charge on any atom is -0.491 e. The molecule has 1 aromatic carbocycles. The number of halogens is 1. The third kappa shape index (κ3) is 3.65. The van der Waals surface area contributed by atoms with Gasteiger partial charge in [-0.3, -0.25) is 4.79 Å². The first-order valence-corrected chi connectivity index (χ1v) is 5.36. The summed E-state index contributed by atoms with van der Waals surface area (Å²) in [5.41, 5.74) is 0.461. The van der Waals surface area contributed by atoms with Crippen molar-refractivity contribution in [1.82, 2.24) is 0 Å². The van der Waals surface area contributed by atoms with E-state index in [1.54, 1.807) is 19.1 Å². The highest BCUT2D eigenvalue weighted by Crippen LogP contribution is 2.25. The molecule has 0 aliphatic rings. The zero-order chi connectivity index (χ0) is 12.8. The van der Waals surface area contributed by atoms with Gasteiger partial charge in [-0.2, -0.15) is 5.26 Å². The summed E-state index contributed by atoms with van der Waals surface area (Å²) in [6, 6.07) is 6.69. The summed E-state index contributed by atoms with van der Waals surface area (Å²) in [6.45, 7) is 1.88. The van der Waals surface area contributed by atoms with E-state index in [0.29, 0.717) is 16.3 Å². The molecule has 0 fully saturated rings. The number of esters is 1. The molecule has 0 aliphatic heterocycles. The second-order valence-corrected chi connectivity index (χ2v) is 3.90. The van der Waals surface area contributed by atoms with Gasteiger partial charge in [0.25, 0.3) is 0 Å². The van der Waals surface area contributed by atoms with E-state index in [4.69, 9.17) is 21.6 Å². The van der Waals surface area contributed by atoms with E-state index in [1.165, 1.54) is 13.2 Å². The molecule has 0 heterocycles. The van der Waals surface area contributed by atoms with Gasteiger partial charge < -0.3 is 9.47 Å². The molecule has 0 saturated heterocycles. The van der Waals surface area contributed by atoms with Crippen molar-refractivity contribution in [1.29, 1.82) is 5.26 Å². The minimum atomic E-state index is -0.369. The molecule has 4 nitrogen and oxygen atoms in total. The monoisotopic (exact) mass is 253 g/mol. The van der Waals surface area contributed by atoms with Crippen LogP contribution in [0.15, 0.2) is 18.2 Å². The van der Waals surface area contributed by atoms with E-state index in [-0.39, 0.29) is 18.5 Å². The predicted octanol–water partition coefficient (Wildman–Crippen LogP) is 2.40. The molecule has 5 heteroatoms. The van der Waals surface area contributed by atoms with Crippen molar-refractivity contribution in [3.63, 3.8) is 0 Å². The quantitative estimate of drug-likeness (QED) is 0.773. The smallest absolute Gasteiger partial charge is 0.311 e. The molecule has 90 valence electrons. The number of nitriles is 1. The molecular formula is C12H12ClNO3. The number of nitrogens with zero attached hydrogens (tertiary/aromatic N) is 1. The zero-order valence-electron chi connectivity index (χ0n) is 9.57. The molecular weight excluding hydrogens is 242 g/mol. The first kappa shape index (κ1) is 13.3. The van der Waals surface area contributed by atoms with Crippen molar-refractivity contribution >= 4 is 17.6 Å². The Morgan fingerprint density at radius 2 is 2.29 bits per heavy atom. The summed E-state index contributed by atoms with van der Waals surface area (Å²) >= 11 is 5.91. The van der Waals surface area contributed by atoms with Gasteiger partial charge in [-0.05, 0) is 25.1 Å². The summed E-state index contributed by atoms with van der Waals surface area (Å²) in [5.74, 6) is -0.261. The van der Waals surface area contributed by atoms with Gasteiger partial charge in [-0.15, -0.1) is 0 Å². The van der Waals surface area contributed by atoms with Crippen molar-refractivity contribution in [2.24, 2.45) is 5.92 Å². The van der Waals surface area contributed by atoms with Crippen molar-refractivity contribution in [2.75, 3.05) is 13.7 Å². The lowest BCUT2D eigenvalue weighted by Gasteiger charge is -2.12. The first-order chi connectivity index (χ1) is 8.08. The van der Waals surface area contributed by atoms with E-state index in [1.807, 2.05) is 6.07 Å². The largest absolute Gasteiger partial charge is 0.491 e. The third-order valence-electron chi connectivity index (χ3n) is 2.15. The lowest BCUT2D eigenvalue weighted by molar-refractivity contribution is -0.145. The molecule has 0 bridgehead atoms. The SMILES string of the molecule is COC(=O)C(C)COc1ccc(C#N)cc1Cl. The molecule has 0 saturated carbocycles. The molecule has 0 aliphatic carbocycles. The van der Waals surface area contributed by atoms with Gasteiger partial charge in [-0.25, -0.2) is 0 Å². The van der Waals surface area contributed by atoms with Crippen LogP contribution in [-0.2, 0) is 9.53 Å². The summed E-state index contributed by atoms with van der Waals surface area (Å²) in [7, 11) is 1.33. The Bertz CT molecular complexity index is 454. The second-order valence-electron chi connectivity index (χ2n) is 3.49. The van der Waals surface area contributed by atoms with Crippen LogP contribution in [-0.4, -0.2) is 19.7 Å². The minimum absolute atomic E-state index is 0.179. The van der Waals surface area contributed by atoms with E-state index < -0.39 is 0 Å². The summed E-state index contributed by atoms with van der Waals surface area (Å²) in [6.07, 6.45) is 0. The lowest BCUT2D eigenvalue weighted by Crippen LogP contribution is -2.20. The molecule has 0 N–H and O–H groups in total. The van der Waals surface area contributed by atoms with Gasteiger partial charge in [-0.1, -0.05) is 11.6 Å². The van der Waals surface area contributed by atoms with Crippen LogP contribution in [0.3, 0.4) is 0 Å². The molecule has 1 aromatic rings. The number of hydrogen-bond acceptors (Lipinski definition) is 4. The molecule has 1 unspecified atom stereocenters. The van der Waals surface area contributed by atoms with Crippen LogP contribution in [0.2, 0.25) is 5.02 Å². The molecule has 0 radical (unpaired) electrons. The van der Waals surface area contributed by atoms with E-state index in [9.17, 15) is 4.79 Å². The van der Waals surface area contributed by atoms with E-state index >= 15 is 0 Å². The van der Waals surface area contributed by atoms with E-state index in [2.05, 4.69) is 4.74 Å². The predicted molar refractivity (Wildman–Crippen MR) is 62.8 cm³/mol. The van der Waals surface area contributed by atoms with Crippen LogP contribution >= 0.6 is 11.6 Å². The Labute approximate surface area is 105 Å². The van der Waals surface area contributed by atoms with Crippen LogP contribution < -0.4 is 4.74 Å². The maximum Gasteiger partial charge on any atom is 0.311 e. The highest BCUT2D eigenvalue weighted by molar-refractivity contribution is 6.32. The fraction of sp³-hybridized carbons (Fsp3) is 0.333. The second kappa shape index (κ2) is 6.12. The molecule has 0 spiro atoms. The number of carbonyl (C=O) groups is 1. The fourth-order valence-electron chi connectivity index (χ4n) is 1.17. The highest BCUT2D eigenvalue weighted by atomic mass is 35.5. The topological polar surface area (TPSA) is 59.3 Å². The summed E-state index contributed by atoms with van der Waals surface area (Å²) in [5, 5.41) is 9.01. The molecule has 1 rings (SSSR count). The van der Waals surface area contributed by atoms with Gasteiger partial charge in [0.15, 0.2) is 0 Å². The molecule has 0 amide bonds. The van der Waals surface area contributed by atoms with Crippen molar-refractivity contribution in [3.05, 3.63) is 28.8 Å². The number of benzene rings is 1. The number of carbonyl (C=O) groups excluding carboxylic acids is 1. The summed E-state index contributed by atoms with van der Waals surface area (Å²) < 4.78 is 9.95. The Kier molecular flexibility index (Phi) is 4.80. The van der Waals surface area contributed by atoms with Crippen LogP contribution in [0.25, 0.3) is 0 Å². The summed E-state index contributed by atoms with van der Waals surface area (Å²) in [4.78, 5) is 11.1. The van der Waals surface area contributed by atoms with Crippen molar-refractivity contribution < 1.29 is 14.3 Å². The number of methoxy groups -OCH3 is 1. The Morgan fingerprint density at radius 3 is 2.82 bits per heavy atom. The first-order valence-electron chi connectivity index (χ1n) is 4.98. The van der Waals surface area contributed by atoms with Gasteiger partial charge in [0.2, 0.25) is 0 Å². The number of ether oxygens (including phenoxy) is 2. The van der Waals surface area contributed by atoms with E-state index in [0.717, 1.165) is 0 Å². The maximum absolute atomic E-state index is 11.1. The normalized spacial score (nSPS) is 11.4. The molecule has 17 heavy (non-hydrogen) atoms. The maximum atomic E-state index is 11.1. The number of hydrogen-bond donors (Lipinski definition) is 0. The Morgan fingerprint density at radius 1 is 1.59 bits per heavy atom. The van der Waals surface area contributed by atoms with Gasteiger partial charge in [0, 0.05) is 0 Å². The van der Waals surface area contributed by atoms with Crippen LogP contribution in [0, 0.1) is 17.2 Å². The average Bonchev–Trinajstić information content (AvgIpc) is 2.35. The fourth-order valence-corrected chi connectivity index (χ4v) is 1.41. The van der Waals surface area contributed by atoms with Gasteiger partial charge in [0.1, 0.15) is 12.4 Å².